The average molecular weight is 399 g/mol. The zero-order chi connectivity index (χ0) is 19.0. The lowest BCUT2D eigenvalue weighted by Gasteiger charge is -2.10. The Morgan fingerprint density at radius 1 is 1.22 bits per heavy atom. The zero-order valence-electron chi connectivity index (χ0n) is 14.0. The number of fused-ring (bicyclic) bond motifs is 3. The fourth-order valence-corrected chi connectivity index (χ4v) is 4.44. The predicted molar refractivity (Wildman–Crippen MR) is 105 cm³/mol. The minimum atomic E-state index is -0.480. The Morgan fingerprint density at radius 3 is 2.70 bits per heavy atom. The van der Waals surface area contributed by atoms with Crippen LogP contribution < -0.4 is 5.32 Å². The van der Waals surface area contributed by atoms with E-state index in [-0.39, 0.29) is 11.6 Å². The van der Waals surface area contributed by atoms with E-state index in [0.717, 1.165) is 15.2 Å². The number of nitro benzene ring substituents is 1. The van der Waals surface area contributed by atoms with Crippen LogP contribution in [0.4, 0.5) is 11.4 Å². The topological polar surface area (TPSA) is 102 Å². The first-order chi connectivity index (χ1) is 13.0. The van der Waals surface area contributed by atoms with Crippen molar-refractivity contribution in [2.24, 2.45) is 0 Å². The number of carbonyl (C=O) groups excluding carboxylic acids is 1. The molecule has 2 aromatic heterocycles. The number of nitrogens with zero attached hydrogens (tertiary/aromatic N) is 4. The van der Waals surface area contributed by atoms with Gasteiger partial charge >= 0.3 is 0 Å². The molecule has 1 atom stereocenters. The maximum Gasteiger partial charge on any atom is 0.269 e. The van der Waals surface area contributed by atoms with Crippen LogP contribution in [0.25, 0.3) is 15.2 Å². The molecule has 2 aromatic carbocycles. The van der Waals surface area contributed by atoms with Crippen LogP contribution in [0.3, 0.4) is 0 Å². The molecule has 0 radical (unpaired) electrons. The fourth-order valence-electron chi connectivity index (χ4n) is 2.55. The Kier molecular flexibility index (Phi) is 4.50. The van der Waals surface area contributed by atoms with E-state index >= 15 is 0 Å². The summed E-state index contributed by atoms with van der Waals surface area (Å²) in [6.45, 7) is 1.78. The maximum atomic E-state index is 12.5. The van der Waals surface area contributed by atoms with Crippen molar-refractivity contribution >= 4 is 55.6 Å². The first-order valence-corrected chi connectivity index (χ1v) is 9.67. The van der Waals surface area contributed by atoms with Crippen molar-refractivity contribution in [2.75, 3.05) is 5.32 Å². The van der Waals surface area contributed by atoms with Gasteiger partial charge in [-0.3, -0.25) is 19.3 Å². The van der Waals surface area contributed by atoms with Gasteiger partial charge in [0.25, 0.3) is 5.69 Å². The lowest BCUT2D eigenvalue weighted by Crippen LogP contribution is -2.22. The molecule has 136 valence electrons. The predicted octanol–water partition coefficient (Wildman–Crippen LogP) is 3.97. The molecule has 0 saturated heterocycles. The molecule has 27 heavy (non-hydrogen) atoms. The number of rotatable bonds is 5. The summed E-state index contributed by atoms with van der Waals surface area (Å²) in [5.74, 6) is -0.217. The molecule has 2 heterocycles. The quantitative estimate of drug-likeness (QED) is 0.309. The van der Waals surface area contributed by atoms with E-state index in [9.17, 15) is 14.9 Å². The van der Waals surface area contributed by atoms with Gasteiger partial charge in [0.2, 0.25) is 10.9 Å². The van der Waals surface area contributed by atoms with Gasteiger partial charge in [0.1, 0.15) is 0 Å². The van der Waals surface area contributed by atoms with Crippen LogP contribution in [0.1, 0.15) is 6.92 Å². The van der Waals surface area contributed by atoms with E-state index in [4.69, 9.17) is 0 Å². The first kappa shape index (κ1) is 17.4. The number of nitrogens with one attached hydrogen (secondary N) is 1. The van der Waals surface area contributed by atoms with Crippen LogP contribution in [0.15, 0.2) is 53.7 Å². The molecule has 0 bridgehead atoms. The zero-order valence-corrected chi connectivity index (χ0v) is 15.7. The van der Waals surface area contributed by atoms with Crippen molar-refractivity contribution in [2.45, 2.75) is 17.3 Å². The number of amides is 1. The Hall–Kier alpha value is -2.98. The van der Waals surface area contributed by atoms with Gasteiger partial charge in [-0.1, -0.05) is 35.2 Å². The Labute approximate surface area is 161 Å². The van der Waals surface area contributed by atoms with Crippen molar-refractivity contribution in [1.29, 1.82) is 0 Å². The lowest BCUT2D eigenvalue weighted by molar-refractivity contribution is -0.384. The van der Waals surface area contributed by atoms with Gasteiger partial charge in [-0.25, -0.2) is 0 Å². The number of benzene rings is 2. The number of aromatic nitrogens is 3. The van der Waals surface area contributed by atoms with Crippen LogP contribution in [-0.2, 0) is 4.79 Å². The fraction of sp³-hybridized carbons (Fsp3) is 0.118. The molecule has 0 aliphatic rings. The number of nitro groups is 1. The molecular weight excluding hydrogens is 386 g/mol. The van der Waals surface area contributed by atoms with Crippen molar-refractivity contribution in [3.8, 4) is 0 Å². The summed E-state index contributed by atoms with van der Waals surface area (Å²) in [7, 11) is 0. The third-order valence-electron chi connectivity index (χ3n) is 3.91. The highest BCUT2D eigenvalue weighted by atomic mass is 32.2. The molecule has 0 aliphatic carbocycles. The highest BCUT2D eigenvalue weighted by molar-refractivity contribution is 8.00. The van der Waals surface area contributed by atoms with Gasteiger partial charge in [-0.05, 0) is 31.2 Å². The van der Waals surface area contributed by atoms with Gasteiger partial charge in [0.05, 0.1) is 20.4 Å². The van der Waals surface area contributed by atoms with Gasteiger partial charge in [0.15, 0.2) is 5.16 Å². The van der Waals surface area contributed by atoms with Gasteiger partial charge in [-0.15, -0.1) is 10.2 Å². The summed E-state index contributed by atoms with van der Waals surface area (Å²) in [6, 6.07) is 13.7. The minimum Gasteiger partial charge on any atom is -0.325 e. The molecule has 0 saturated carbocycles. The number of thioether (sulfide) groups is 1. The lowest BCUT2D eigenvalue weighted by atomic mass is 10.3. The SMILES string of the molecule is CC(Sc1nnc2sc3ccccc3n12)C(=O)Nc1ccc([N+](=O)[O-])cc1. The van der Waals surface area contributed by atoms with Crippen LogP contribution in [0, 0.1) is 10.1 Å². The van der Waals surface area contributed by atoms with E-state index in [1.54, 1.807) is 18.3 Å². The Balaban J connectivity index is 1.51. The molecule has 0 spiro atoms. The summed E-state index contributed by atoms with van der Waals surface area (Å²) in [5, 5.41) is 22.1. The monoisotopic (exact) mass is 399 g/mol. The standard InChI is InChI=1S/C17H13N5O3S2/c1-10(15(23)18-11-6-8-12(9-7-11)22(24)25)26-16-19-20-17-21(16)13-4-2-3-5-14(13)27-17/h2-10H,1H3,(H,18,23). The molecule has 1 amide bonds. The van der Waals surface area contributed by atoms with Crippen molar-refractivity contribution in [1.82, 2.24) is 14.6 Å². The number of hydrogen-bond donors (Lipinski definition) is 1. The number of non-ortho nitro benzene ring substituents is 1. The molecule has 1 N–H and O–H groups in total. The molecule has 0 aliphatic heterocycles. The Bertz CT molecular complexity index is 1150. The summed E-state index contributed by atoms with van der Waals surface area (Å²) >= 11 is 2.86. The Morgan fingerprint density at radius 2 is 1.96 bits per heavy atom. The molecule has 1 unspecified atom stereocenters. The van der Waals surface area contributed by atoms with Gasteiger partial charge < -0.3 is 5.32 Å². The van der Waals surface area contributed by atoms with Crippen molar-refractivity contribution in [3.05, 3.63) is 58.6 Å². The third-order valence-corrected chi connectivity index (χ3v) is 5.96. The highest BCUT2D eigenvalue weighted by Gasteiger charge is 2.20. The largest absolute Gasteiger partial charge is 0.325 e. The molecule has 10 heteroatoms. The van der Waals surface area contributed by atoms with Crippen LogP contribution in [0.2, 0.25) is 0 Å². The van der Waals surface area contributed by atoms with Crippen LogP contribution in [-0.4, -0.2) is 30.7 Å². The summed E-state index contributed by atoms with van der Waals surface area (Å²) in [6.07, 6.45) is 0. The van der Waals surface area contributed by atoms with E-state index < -0.39 is 10.2 Å². The maximum absolute atomic E-state index is 12.5. The van der Waals surface area contributed by atoms with E-state index in [0.29, 0.717) is 10.8 Å². The smallest absolute Gasteiger partial charge is 0.269 e. The second-order valence-electron chi connectivity index (χ2n) is 5.72. The summed E-state index contributed by atoms with van der Waals surface area (Å²) in [5.41, 5.74) is 1.49. The van der Waals surface area contributed by atoms with E-state index in [1.165, 1.54) is 36.0 Å². The first-order valence-electron chi connectivity index (χ1n) is 7.97. The van der Waals surface area contributed by atoms with Crippen LogP contribution in [0.5, 0.6) is 0 Å². The number of para-hydroxylation sites is 1. The average Bonchev–Trinajstić information content (AvgIpc) is 3.22. The summed E-state index contributed by atoms with van der Waals surface area (Å²) in [4.78, 5) is 23.5. The molecule has 8 nitrogen and oxygen atoms in total. The molecule has 0 fully saturated rings. The van der Waals surface area contributed by atoms with Gasteiger partial charge in [0, 0.05) is 17.8 Å². The van der Waals surface area contributed by atoms with Crippen molar-refractivity contribution in [3.63, 3.8) is 0 Å². The second kappa shape index (κ2) is 6.97. The summed E-state index contributed by atoms with van der Waals surface area (Å²) < 4.78 is 3.05. The number of carbonyl (C=O) groups is 1. The van der Waals surface area contributed by atoms with Gasteiger partial charge in [-0.2, -0.15) is 0 Å². The van der Waals surface area contributed by atoms with E-state index in [2.05, 4.69) is 15.5 Å². The number of hydrogen-bond acceptors (Lipinski definition) is 7. The normalized spacial score (nSPS) is 12.3. The highest BCUT2D eigenvalue weighted by Crippen LogP contribution is 2.31. The third kappa shape index (κ3) is 3.36. The van der Waals surface area contributed by atoms with Crippen molar-refractivity contribution < 1.29 is 9.72 Å². The number of thiazole rings is 1. The minimum absolute atomic E-state index is 0.0226. The molecule has 4 rings (SSSR count). The molecular formula is C17H13N5O3S2. The molecule has 4 aromatic rings. The second-order valence-corrected chi connectivity index (χ2v) is 8.04. The van der Waals surface area contributed by atoms with E-state index in [1.807, 2.05) is 28.7 Å². The number of anilines is 1. The van der Waals surface area contributed by atoms with Crippen LogP contribution >= 0.6 is 23.1 Å².